The van der Waals surface area contributed by atoms with Crippen molar-refractivity contribution in [2.45, 2.75) is 27.7 Å². The van der Waals surface area contributed by atoms with Crippen LogP contribution in [0.4, 0.5) is 6.01 Å². The Balaban J connectivity index is 2.60. The van der Waals surface area contributed by atoms with Crippen molar-refractivity contribution in [3.63, 3.8) is 0 Å². The number of anilines is 1. The van der Waals surface area contributed by atoms with E-state index < -0.39 is 0 Å². The maximum atomic E-state index is 5.70. The summed E-state index contributed by atoms with van der Waals surface area (Å²) in [5, 5.41) is 2.93. The molecule has 0 atom stereocenters. The van der Waals surface area contributed by atoms with Crippen molar-refractivity contribution in [1.82, 2.24) is 4.98 Å². The number of nitrogens with one attached hydrogen (secondary N) is 1. The first-order valence-corrected chi connectivity index (χ1v) is 5.77. The van der Waals surface area contributed by atoms with Crippen molar-refractivity contribution < 1.29 is 4.42 Å². The molecule has 0 aliphatic heterocycles. The van der Waals surface area contributed by atoms with Gasteiger partial charge in [0.2, 0.25) is 0 Å². The minimum absolute atomic E-state index is 0.565. The first kappa shape index (κ1) is 11.7. The van der Waals surface area contributed by atoms with Crippen molar-refractivity contribution in [3.8, 4) is 11.3 Å². The lowest BCUT2D eigenvalue weighted by Crippen LogP contribution is -1.91. The van der Waals surface area contributed by atoms with Gasteiger partial charge >= 0.3 is 0 Å². The van der Waals surface area contributed by atoms with Crippen molar-refractivity contribution in [2.24, 2.45) is 0 Å². The van der Waals surface area contributed by atoms with Crippen LogP contribution in [0.3, 0.4) is 0 Å². The van der Waals surface area contributed by atoms with Crippen LogP contribution in [0.1, 0.15) is 22.4 Å². The molecule has 2 aromatic rings. The van der Waals surface area contributed by atoms with Crippen molar-refractivity contribution >= 4 is 6.01 Å². The maximum absolute atomic E-state index is 5.70. The second-order valence-electron chi connectivity index (χ2n) is 4.36. The van der Waals surface area contributed by atoms with Gasteiger partial charge in [-0.3, -0.25) is 0 Å². The molecule has 0 amide bonds. The third kappa shape index (κ3) is 1.93. The minimum Gasteiger partial charge on any atom is -0.423 e. The maximum Gasteiger partial charge on any atom is 0.295 e. The number of hydrogen-bond acceptors (Lipinski definition) is 3. The van der Waals surface area contributed by atoms with Gasteiger partial charge in [-0.2, -0.15) is 4.98 Å². The molecule has 0 aliphatic carbocycles. The Hall–Kier alpha value is -1.77. The van der Waals surface area contributed by atoms with Crippen LogP contribution in [-0.2, 0) is 0 Å². The van der Waals surface area contributed by atoms with E-state index in [4.69, 9.17) is 4.42 Å². The van der Waals surface area contributed by atoms with Gasteiger partial charge in [0.1, 0.15) is 0 Å². The lowest BCUT2D eigenvalue weighted by atomic mass is 9.97. The van der Waals surface area contributed by atoms with Crippen molar-refractivity contribution in [2.75, 3.05) is 12.4 Å². The SMILES string of the molecule is CNc1nc(C)c(-c2ccc(C)c(C)c2C)o1. The molecule has 2 rings (SSSR count). The molecule has 3 nitrogen and oxygen atoms in total. The molecule has 1 aromatic heterocycles. The molecule has 1 N–H and O–H groups in total. The second-order valence-corrected chi connectivity index (χ2v) is 4.36. The van der Waals surface area contributed by atoms with Gasteiger partial charge in [0, 0.05) is 12.6 Å². The summed E-state index contributed by atoms with van der Waals surface area (Å²) in [6.07, 6.45) is 0. The third-order valence-electron chi connectivity index (χ3n) is 3.31. The summed E-state index contributed by atoms with van der Waals surface area (Å²) in [5.41, 5.74) is 5.91. The van der Waals surface area contributed by atoms with E-state index in [1.807, 2.05) is 14.0 Å². The van der Waals surface area contributed by atoms with E-state index in [2.05, 4.69) is 43.2 Å². The largest absolute Gasteiger partial charge is 0.423 e. The molecule has 90 valence electrons. The topological polar surface area (TPSA) is 38.1 Å². The van der Waals surface area contributed by atoms with E-state index in [1.54, 1.807) is 0 Å². The summed E-state index contributed by atoms with van der Waals surface area (Å²) in [7, 11) is 1.81. The van der Waals surface area contributed by atoms with E-state index in [0.29, 0.717) is 6.01 Å². The molecule has 17 heavy (non-hydrogen) atoms. The highest BCUT2D eigenvalue weighted by atomic mass is 16.4. The zero-order valence-corrected chi connectivity index (χ0v) is 11.0. The smallest absolute Gasteiger partial charge is 0.295 e. The van der Waals surface area contributed by atoms with E-state index >= 15 is 0 Å². The number of rotatable bonds is 2. The van der Waals surface area contributed by atoms with Gasteiger partial charge in [-0.05, 0) is 44.4 Å². The monoisotopic (exact) mass is 230 g/mol. The number of aromatic nitrogens is 1. The average molecular weight is 230 g/mol. The van der Waals surface area contributed by atoms with E-state index in [1.165, 1.54) is 16.7 Å². The number of oxazole rings is 1. The molecular formula is C14H18N2O. The Kier molecular flexibility index (Phi) is 2.92. The van der Waals surface area contributed by atoms with Gasteiger partial charge < -0.3 is 9.73 Å². The normalized spacial score (nSPS) is 10.6. The van der Waals surface area contributed by atoms with E-state index in [9.17, 15) is 0 Å². The molecule has 0 aliphatic rings. The summed E-state index contributed by atoms with van der Waals surface area (Å²) < 4.78 is 5.70. The number of hydrogen-bond donors (Lipinski definition) is 1. The fourth-order valence-corrected chi connectivity index (χ4v) is 1.96. The van der Waals surface area contributed by atoms with E-state index in [-0.39, 0.29) is 0 Å². The van der Waals surface area contributed by atoms with Gasteiger partial charge in [-0.15, -0.1) is 0 Å². The fourth-order valence-electron chi connectivity index (χ4n) is 1.96. The summed E-state index contributed by atoms with van der Waals surface area (Å²) in [4.78, 5) is 4.32. The number of benzene rings is 1. The van der Waals surface area contributed by atoms with Crippen LogP contribution in [0.2, 0.25) is 0 Å². The number of aryl methyl sites for hydroxylation is 2. The van der Waals surface area contributed by atoms with Crippen molar-refractivity contribution in [1.29, 1.82) is 0 Å². The molecular weight excluding hydrogens is 212 g/mol. The Morgan fingerprint density at radius 3 is 2.35 bits per heavy atom. The highest BCUT2D eigenvalue weighted by Crippen LogP contribution is 2.31. The standard InChI is InChI=1S/C14H18N2O/c1-8-6-7-12(10(3)9(8)2)13-11(4)16-14(15-5)17-13/h6-7H,1-5H3,(H,15,16). The molecule has 0 bridgehead atoms. The minimum atomic E-state index is 0.565. The van der Waals surface area contributed by atoms with Gasteiger partial charge in [0.25, 0.3) is 6.01 Å². The predicted octanol–water partition coefficient (Wildman–Crippen LogP) is 3.62. The highest BCUT2D eigenvalue weighted by Gasteiger charge is 2.14. The van der Waals surface area contributed by atoms with Crippen LogP contribution >= 0.6 is 0 Å². The quantitative estimate of drug-likeness (QED) is 0.856. The van der Waals surface area contributed by atoms with Crippen molar-refractivity contribution in [3.05, 3.63) is 34.5 Å². The average Bonchev–Trinajstić information content (AvgIpc) is 2.68. The van der Waals surface area contributed by atoms with Crippen LogP contribution in [0.15, 0.2) is 16.5 Å². The van der Waals surface area contributed by atoms with Crippen LogP contribution in [-0.4, -0.2) is 12.0 Å². The van der Waals surface area contributed by atoms with Crippen LogP contribution < -0.4 is 5.32 Å². The van der Waals surface area contributed by atoms with Crippen LogP contribution in [0.25, 0.3) is 11.3 Å². The van der Waals surface area contributed by atoms with Crippen LogP contribution in [0.5, 0.6) is 0 Å². The first-order chi connectivity index (χ1) is 8.04. The molecule has 1 aromatic carbocycles. The number of nitrogens with zero attached hydrogens (tertiary/aromatic N) is 1. The molecule has 3 heteroatoms. The zero-order valence-electron chi connectivity index (χ0n) is 11.0. The molecule has 0 saturated heterocycles. The Bertz CT molecular complexity index is 556. The predicted molar refractivity (Wildman–Crippen MR) is 70.4 cm³/mol. The molecule has 0 unspecified atom stereocenters. The Labute approximate surface area is 102 Å². The van der Waals surface area contributed by atoms with E-state index in [0.717, 1.165) is 17.0 Å². The molecule has 1 heterocycles. The summed E-state index contributed by atoms with van der Waals surface area (Å²) in [6.45, 7) is 8.35. The highest BCUT2D eigenvalue weighted by molar-refractivity contribution is 5.67. The zero-order chi connectivity index (χ0) is 12.6. The van der Waals surface area contributed by atoms with Crippen LogP contribution in [0, 0.1) is 27.7 Å². The Morgan fingerprint density at radius 2 is 1.76 bits per heavy atom. The first-order valence-electron chi connectivity index (χ1n) is 5.77. The van der Waals surface area contributed by atoms with Gasteiger partial charge in [-0.1, -0.05) is 12.1 Å². The summed E-state index contributed by atoms with van der Waals surface area (Å²) >= 11 is 0. The lowest BCUT2D eigenvalue weighted by molar-refractivity contribution is 0.588. The van der Waals surface area contributed by atoms with Gasteiger partial charge in [0.15, 0.2) is 5.76 Å². The Morgan fingerprint density at radius 1 is 1.06 bits per heavy atom. The summed E-state index contributed by atoms with van der Waals surface area (Å²) in [5.74, 6) is 0.856. The third-order valence-corrected chi connectivity index (χ3v) is 3.31. The summed E-state index contributed by atoms with van der Waals surface area (Å²) in [6, 6.07) is 4.79. The van der Waals surface area contributed by atoms with Gasteiger partial charge in [-0.25, -0.2) is 0 Å². The molecule has 0 fully saturated rings. The van der Waals surface area contributed by atoms with Gasteiger partial charge in [0.05, 0.1) is 5.69 Å². The second kappa shape index (κ2) is 4.24. The molecule has 0 saturated carbocycles. The fraction of sp³-hybridized carbons (Fsp3) is 0.357. The molecule has 0 radical (unpaired) electrons. The molecule has 0 spiro atoms. The lowest BCUT2D eigenvalue weighted by Gasteiger charge is -2.09.